The van der Waals surface area contributed by atoms with Crippen LogP contribution in [0, 0.1) is 0 Å². The first-order valence-corrected chi connectivity index (χ1v) is 4.97. The zero-order chi connectivity index (χ0) is 11.4. The number of carbonyl (C=O) groups excluding carboxylic acids is 1. The van der Waals surface area contributed by atoms with E-state index >= 15 is 0 Å². The molecule has 0 radical (unpaired) electrons. The first-order chi connectivity index (χ1) is 7.83. The van der Waals surface area contributed by atoms with E-state index in [0.29, 0.717) is 10.7 Å². The lowest BCUT2D eigenvalue weighted by molar-refractivity contribution is 0.565. The fourth-order valence-corrected chi connectivity index (χ4v) is 1.67. The fourth-order valence-electron chi connectivity index (χ4n) is 1.43. The van der Waals surface area contributed by atoms with E-state index in [2.05, 4.69) is 9.98 Å². The first kappa shape index (κ1) is 10.6. The largest absolute Gasteiger partial charge is 0.262 e. The molecule has 0 atom stereocenters. The zero-order valence-corrected chi connectivity index (χ0v) is 8.98. The number of isocyanates is 1. The second kappa shape index (κ2) is 4.71. The second-order valence-electron chi connectivity index (χ2n) is 3.08. The molecular weight excluding hydrogens is 224 g/mol. The molecule has 0 N–H and O–H groups in total. The van der Waals surface area contributed by atoms with Crippen molar-refractivity contribution < 1.29 is 4.79 Å². The minimum atomic E-state index is 0.464. The van der Waals surface area contributed by atoms with E-state index in [-0.39, 0.29) is 0 Å². The number of hydrogen-bond acceptors (Lipinski definition) is 3. The van der Waals surface area contributed by atoms with Gasteiger partial charge in [-0.3, -0.25) is 4.98 Å². The predicted molar refractivity (Wildman–Crippen MR) is 62.5 cm³/mol. The Morgan fingerprint density at radius 2 is 2.00 bits per heavy atom. The lowest BCUT2D eigenvalue weighted by Crippen LogP contribution is -1.81. The van der Waals surface area contributed by atoms with Crippen molar-refractivity contribution in [2.24, 2.45) is 4.99 Å². The molecule has 1 heterocycles. The van der Waals surface area contributed by atoms with Crippen LogP contribution in [0.5, 0.6) is 0 Å². The molecule has 16 heavy (non-hydrogen) atoms. The summed E-state index contributed by atoms with van der Waals surface area (Å²) in [5.41, 5.74) is 2.05. The molecule has 0 spiro atoms. The highest BCUT2D eigenvalue weighted by Crippen LogP contribution is 2.33. The van der Waals surface area contributed by atoms with E-state index in [0.717, 1.165) is 11.1 Å². The first-order valence-electron chi connectivity index (χ1n) is 4.59. The average Bonchev–Trinajstić information content (AvgIpc) is 2.31. The monoisotopic (exact) mass is 230 g/mol. The van der Waals surface area contributed by atoms with E-state index < -0.39 is 0 Å². The third-order valence-corrected chi connectivity index (χ3v) is 2.46. The van der Waals surface area contributed by atoms with Crippen LogP contribution in [0.1, 0.15) is 0 Å². The van der Waals surface area contributed by atoms with Crippen LogP contribution in [-0.4, -0.2) is 11.1 Å². The van der Waals surface area contributed by atoms with Gasteiger partial charge in [0.05, 0.1) is 6.20 Å². The lowest BCUT2D eigenvalue weighted by atomic mass is 10.1. The quantitative estimate of drug-likeness (QED) is 0.586. The highest BCUT2D eigenvalue weighted by molar-refractivity contribution is 6.33. The molecule has 0 bridgehead atoms. The van der Waals surface area contributed by atoms with Crippen molar-refractivity contribution in [2.45, 2.75) is 0 Å². The number of halogens is 1. The number of hydrogen-bond donors (Lipinski definition) is 0. The van der Waals surface area contributed by atoms with Gasteiger partial charge >= 0.3 is 0 Å². The highest BCUT2D eigenvalue weighted by Gasteiger charge is 2.07. The normalized spacial score (nSPS) is 9.56. The van der Waals surface area contributed by atoms with Crippen LogP contribution in [0.3, 0.4) is 0 Å². The summed E-state index contributed by atoms with van der Waals surface area (Å²) in [4.78, 5) is 17.8. The average molecular weight is 231 g/mol. The molecule has 4 heteroatoms. The number of rotatable bonds is 2. The second-order valence-corrected chi connectivity index (χ2v) is 3.48. The molecule has 78 valence electrons. The van der Waals surface area contributed by atoms with Gasteiger partial charge in [-0.2, -0.15) is 4.99 Å². The molecule has 0 saturated heterocycles. The fraction of sp³-hybridized carbons (Fsp3) is 0. The van der Waals surface area contributed by atoms with Gasteiger partial charge in [0.2, 0.25) is 6.08 Å². The van der Waals surface area contributed by atoms with E-state index in [4.69, 9.17) is 11.6 Å². The van der Waals surface area contributed by atoms with Gasteiger partial charge in [0, 0.05) is 22.3 Å². The summed E-state index contributed by atoms with van der Waals surface area (Å²) in [7, 11) is 0. The summed E-state index contributed by atoms with van der Waals surface area (Å²) < 4.78 is 0. The molecule has 0 aliphatic rings. The van der Waals surface area contributed by atoms with Crippen LogP contribution < -0.4 is 0 Å². The SMILES string of the molecule is O=C=Nc1cnccc1-c1ccccc1Cl. The standard InChI is InChI=1S/C12H7ClN2O/c13-11-4-2-1-3-9(11)10-5-6-14-7-12(10)15-8-16/h1-7H. The van der Waals surface area contributed by atoms with Gasteiger partial charge in [0.1, 0.15) is 5.69 Å². The van der Waals surface area contributed by atoms with Crippen LogP contribution >= 0.6 is 11.6 Å². The molecule has 2 rings (SSSR count). The molecule has 0 unspecified atom stereocenters. The van der Waals surface area contributed by atoms with E-state index in [9.17, 15) is 4.79 Å². The van der Waals surface area contributed by atoms with E-state index in [1.54, 1.807) is 18.3 Å². The van der Waals surface area contributed by atoms with Gasteiger partial charge in [-0.1, -0.05) is 29.8 Å². The number of aliphatic imine (C=N–C) groups is 1. The van der Waals surface area contributed by atoms with Crippen molar-refractivity contribution in [2.75, 3.05) is 0 Å². The van der Waals surface area contributed by atoms with Gasteiger partial charge in [0.15, 0.2) is 0 Å². The summed E-state index contributed by atoms with van der Waals surface area (Å²) in [6.45, 7) is 0. The Bertz CT molecular complexity index is 562. The maximum Gasteiger partial charge on any atom is 0.240 e. The van der Waals surface area contributed by atoms with Gasteiger partial charge in [-0.15, -0.1) is 0 Å². The van der Waals surface area contributed by atoms with Crippen molar-refractivity contribution in [3.05, 3.63) is 47.7 Å². The van der Waals surface area contributed by atoms with Crippen molar-refractivity contribution >= 4 is 23.4 Å². The molecule has 1 aromatic carbocycles. The number of nitrogens with zero attached hydrogens (tertiary/aromatic N) is 2. The Morgan fingerprint density at radius 1 is 1.19 bits per heavy atom. The molecule has 0 saturated carbocycles. The zero-order valence-electron chi connectivity index (χ0n) is 8.22. The Labute approximate surface area is 97.4 Å². The minimum absolute atomic E-state index is 0.464. The summed E-state index contributed by atoms with van der Waals surface area (Å²) in [6.07, 6.45) is 4.64. The highest BCUT2D eigenvalue weighted by atomic mass is 35.5. The van der Waals surface area contributed by atoms with Crippen LogP contribution in [-0.2, 0) is 4.79 Å². The molecule has 3 nitrogen and oxygen atoms in total. The van der Waals surface area contributed by atoms with Gasteiger partial charge in [-0.25, -0.2) is 4.79 Å². The minimum Gasteiger partial charge on any atom is -0.262 e. The summed E-state index contributed by atoms with van der Waals surface area (Å²) in [5.74, 6) is 0. The maximum atomic E-state index is 10.3. The smallest absolute Gasteiger partial charge is 0.240 e. The van der Waals surface area contributed by atoms with Crippen molar-refractivity contribution in [1.29, 1.82) is 0 Å². The van der Waals surface area contributed by atoms with Crippen molar-refractivity contribution in [3.8, 4) is 11.1 Å². The molecule has 0 fully saturated rings. The molecule has 1 aromatic heterocycles. The van der Waals surface area contributed by atoms with Crippen molar-refractivity contribution in [1.82, 2.24) is 4.98 Å². The van der Waals surface area contributed by atoms with Crippen LogP contribution in [0.25, 0.3) is 11.1 Å². The molecule has 2 aromatic rings. The Hall–Kier alpha value is -1.96. The number of benzene rings is 1. The third-order valence-electron chi connectivity index (χ3n) is 2.13. The third kappa shape index (κ3) is 2.01. The molecule has 0 aliphatic carbocycles. The molecule has 0 amide bonds. The van der Waals surface area contributed by atoms with Gasteiger partial charge in [0.25, 0.3) is 0 Å². The summed E-state index contributed by atoms with van der Waals surface area (Å²) >= 11 is 6.07. The number of pyridine rings is 1. The van der Waals surface area contributed by atoms with E-state index in [1.165, 1.54) is 12.3 Å². The van der Waals surface area contributed by atoms with Crippen LogP contribution in [0.15, 0.2) is 47.7 Å². The molecular formula is C12H7ClN2O. The summed E-state index contributed by atoms with van der Waals surface area (Å²) in [6, 6.07) is 9.12. The van der Waals surface area contributed by atoms with Crippen LogP contribution in [0.2, 0.25) is 5.02 Å². The maximum absolute atomic E-state index is 10.3. The number of aromatic nitrogens is 1. The Balaban J connectivity index is 2.64. The lowest BCUT2D eigenvalue weighted by Gasteiger charge is -2.05. The molecule has 0 aliphatic heterocycles. The Kier molecular flexibility index (Phi) is 3.10. The topological polar surface area (TPSA) is 42.3 Å². The van der Waals surface area contributed by atoms with Crippen LogP contribution in [0.4, 0.5) is 5.69 Å². The predicted octanol–water partition coefficient (Wildman–Crippen LogP) is 3.37. The van der Waals surface area contributed by atoms with Gasteiger partial charge < -0.3 is 0 Å². The van der Waals surface area contributed by atoms with Crippen molar-refractivity contribution in [3.63, 3.8) is 0 Å². The summed E-state index contributed by atoms with van der Waals surface area (Å²) in [5, 5.41) is 0.607. The van der Waals surface area contributed by atoms with E-state index in [1.807, 2.05) is 18.2 Å². The van der Waals surface area contributed by atoms with Gasteiger partial charge in [-0.05, 0) is 12.1 Å². The Morgan fingerprint density at radius 3 is 2.75 bits per heavy atom.